The fraction of sp³-hybridized carbons (Fsp3) is 0.500. The van der Waals surface area contributed by atoms with Gasteiger partial charge in [-0.15, -0.1) is 0 Å². The molecule has 1 amide bonds. The highest BCUT2D eigenvalue weighted by atomic mass is 79.9. The van der Waals surface area contributed by atoms with E-state index in [2.05, 4.69) is 20.9 Å². The second-order valence-electron chi connectivity index (χ2n) is 8.41. The van der Waals surface area contributed by atoms with Gasteiger partial charge in [-0.2, -0.15) is 0 Å². The summed E-state index contributed by atoms with van der Waals surface area (Å²) in [6.45, 7) is -0.0815. The summed E-state index contributed by atoms with van der Waals surface area (Å²) in [5.41, 5.74) is -0.531. The molecule has 1 spiro atoms. The Bertz CT molecular complexity index is 957. The third kappa shape index (κ3) is 4.34. The zero-order valence-electron chi connectivity index (χ0n) is 17.4. The van der Waals surface area contributed by atoms with E-state index in [1.165, 1.54) is 0 Å². The minimum Gasteiger partial charge on any atom is -0.480 e. The number of carbonyl (C=O) groups excluding carboxylic acids is 1. The molecule has 2 aliphatic rings. The molecule has 1 saturated heterocycles. The van der Waals surface area contributed by atoms with E-state index < -0.39 is 29.8 Å². The first-order valence-electron chi connectivity index (χ1n) is 10.4. The zero-order valence-corrected chi connectivity index (χ0v) is 19.0. The smallest absolute Gasteiger partial charge is 0.410 e. The summed E-state index contributed by atoms with van der Waals surface area (Å²) in [5, 5.41) is 9.29. The van der Waals surface area contributed by atoms with Crippen LogP contribution in [0.5, 0.6) is 0 Å². The molecule has 1 N–H and O–H groups in total. The maximum Gasteiger partial charge on any atom is 0.410 e. The Morgan fingerprint density at radius 3 is 2.55 bits per heavy atom. The number of rotatable bonds is 6. The van der Waals surface area contributed by atoms with Crippen LogP contribution >= 0.6 is 15.9 Å². The zero-order chi connectivity index (χ0) is 22.1. The summed E-state index contributed by atoms with van der Waals surface area (Å²) in [6, 6.07) is 9.55. The Morgan fingerprint density at radius 1 is 1.23 bits per heavy atom. The molecule has 1 aliphatic heterocycles. The lowest BCUT2D eigenvalue weighted by molar-refractivity contribution is -0.150. The first-order chi connectivity index (χ1) is 14.8. The SMILES string of the molecule is Cn1cc(Br)nc1C1(OCC(=O)O)CN(C(=O)OCc2ccccc2)C2(CCCC2)C1. The van der Waals surface area contributed by atoms with Gasteiger partial charge in [0.05, 0.1) is 6.54 Å². The lowest BCUT2D eigenvalue weighted by atomic mass is 9.87. The van der Waals surface area contributed by atoms with Crippen LogP contribution in [0.3, 0.4) is 0 Å². The molecule has 8 nitrogen and oxygen atoms in total. The van der Waals surface area contributed by atoms with Crippen LogP contribution in [0.25, 0.3) is 0 Å². The molecule has 2 fully saturated rings. The minimum absolute atomic E-state index is 0.184. The van der Waals surface area contributed by atoms with E-state index in [9.17, 15) is 14.7 Å². The molecule has 1 aromatic heterocycles. The summed E-state index contributed by atoms with van der Waals surface area (Å²) < 4.78 is 14.1. The van der Waals surface area contributed by atoms with Gasteiger partial charge in [0.2, 0.25) is 0 Å². The van der Waals surface area contributed by atoms with E-state index in [0.29, 0.717) is 16.8 Å². The summed E-state index contributed by atoms with van der Waals surface area (Å²) >= 11 is 3.40. The van der Waals surface area contributed by atoms with E-state index in [-0.39, 0.29) is 13.2 Å². The van der Waals surface area contributed by atoms with Crippen molar-refractivity contribution in [2.24, 2.45) is 7.05 Å². The van der Waals surface area contributed by atoms with Crippen molar-refractivity contribution in [3.05, 3.63) is 52.5 Å². The third-order valence-corrected chi connectivity index (χ3v) is 6.67. The van der Waals surface area contributed by atoms with Crippen molar-refractivity contribution in [2.75, 3.05) is 13.2 Å². The second-order valence-corrected chi connectivity index (χ2v) is 9.22. The Morgan fingerprint density at radius 2 is 1.94 bits per heavy atom. The van der Waals surface area contributed by atoms with Crippen molar-refractivity contribution in [1.29, 1.82) is 0 Å². The number of nitrogens with zero attached hydrogens (tertiary/aromatic N) is 3. The van der Waals surface area contributed by atoms with E-state index >= 15 is 0 Å². The number of hydrogen-bond donors (Lipinski definition) is 1. The van der Waals surface area contributed by atoms with Gasteiger partial charge in [0.1, 0.15) is 29.2 Å². The van der Waals surface area contributed by atoms with Crippen LogP contribution in [0.1, 0.15) is 43.5 Å². The van der Waals surface area contributed by atoms with E-state index in [0.717, 1.165) is 31.2 Å². The molecule has 31 heavy (non-hydrogen) atoms. The number of halogens is 1. The normalized spacial score (nSPS) is 22.2. The number of carbonyl (C=O) groups is 2. The van der Waals surface area contributed by atoms with Crippen LogP contribution in [-0.2, 0) is 33.5 Å². The molecule has 1 aliphatic carbocycles. The van der Waals surface area contributed by atoms with E-state index in [4.69, 9.17) is 9.47 Å². The summed E-state index contributed by atoms with van der Waals surface area (Å²) in [7, 11) is 1.84. The first kappa shape index (κ1) is 21.8. The van der Waals surface area contributed by atoms with Gasteiger partial charge in [0, 0.05) is 25.2 Å². The molecule has 1 unspecified atom stereocenters. The Balaban J connectivity index is 1.64. The van der Waals surface area contributed by atoms with Crippen molar-refractivity contribution >= 4 is 28.0 Å². The number of imidazole rings is 1. The van der Waals surface area contributed by atoms with Gasteiger partial charge < -0.3 is 19.1 Å². The quantitative estimate of drug-likeness (QED) is 0.659. The minimum atomic E-state index is -1.06. The summed E-state index contributed by atoms with van der Waals surface area (Å²) in [6.07, 6.45) is 5.56. The largest absolute Gasteiger partial charge is 0.480 e. The fourth-order valence-electron chi connectivity index (χ4n) is 5.01. The number of ether oxygens (including phenoxy) is 2. The molecule has 2 heterocycles. The highest BCUT2D eigenvalue weighted by molar-refractivity contribution is 9.10. The van der Waals surface area contributed by atoms with E-state index in [1.807, 2.05) is 41.9 Å². The molecule has 9 heteroatoms. The van der Waals surface area contributed by atoms with E-state index in [1.54, 1.807) is 11.1 Å². The van der Waals surface area contributed by atoms with Gasteiger partial charge in [0.25, 0.3) is 0 Å². The molecule has 1 saturated carbocycles. The molecule has 0 bridgehead atoms. The van der Waals surface area contributed by atoms with Crippen molar-refractivity contribution in [3.8, 4) is 0 Å². The van der Waals surface area contributed by atoms with Crippen LogP contribution in [0.2, 0.25) is 0 Å². The van der Waals surface area contributed by atoms with Crippen molar-refractivity contribution in [2.45, 2.75) is 49.9 Å². The predicted octanol–water partition coefficient (Wildman–Crippen LogP) is 3.83. The first-order valence-corrected chi connectivity index (χ1v) is 11.2. The van der Waals surface area contributed by atoms with Crippen LogP contribution < -0.4 is 0 Å². The monoisotopic (exact) mass is 491 g/mol. The molecule has 1 atom stereocenters. The second kappa shape index (κ2) is 8.63. The maximum atomic E-state index is 13.2. The Kier molecular flexibility index (Phi) is 6.07. The lowest BCUT2D eigenvalue weighted by Crippen LogP contribution is -2.45. The number of aromatic nitrogens is 2. The summed E-state index contributed by atoms with van der Waals surface area (Å²) in [4.78, 5) is 30.9. The third-order valence-electron chi connectivity index (χ3n) is 6.29. The topological polar surface area (TPSA) is 93.9 Å². The van der Waals surface area contributed by atoms with Gasteiger partial charge >= 0.3 is 12.1 Å². The Hall–Kier alpha value is -2.39. The van der Waals surface area contributed by atoms with Gasteiger partial charge in [-0.05, 0) is 34.3 Å². The number of benzene rings is 1. The van der Waals surface area contributed by atoms with Crippen LogP contribution in [-0.4, -0.2) is 50.3 Å². The van der Waals surface area contributed by atoms with Gasteiger partial charge in [-0.25, -0.2) is 14.6 Å². The molecule has 1 aromatic carbocycles. The van der Waals surface area contributed by atoms with Gasteiger partial charge in [-0.3, -0.25) is 4.90 Å². The highest BCUT2D eigenvalue weighted by Gasteiger charge is 2.59. The summed E-state index contributed by atoms with van der Waals surface area (Å²) in [5.74, 6) is -0.455. The van der Waals surface area contributed by atoms with Crippen LogP contribution in [0.4, 0.5) is 4.79 Å². The number of likely N-dealkylation sites (tertiary alicyclic amines) is 1. The molecular weight excluding hydrogens is 466 g/mol. The fourth-order valence-corrected chi connectivity index (χ4v) is 5.48. The number of carboxylic acid groups (broad SMARTS) is 1. The highest BCUT2D eigenvalue weighted by Crippen LogP contribution is 2.52. The molecule has 0 radical (unpaired) electrons. The predicted molar refractivity (Wildman–Crippen MR) is 115 cm³/mol. The molecular formula is C22H26BrN3O5. The van der Waals surface area contributed by atoms with Crippen molar-refractivity contribution < 1.29 is 24.2 Å². The maximum absolute atomic E-state index is 13.2. The molecule has 166 valence electrons. The standard InChI is InChI=1S/C22H26BrN3O5/c1-25-11-17(23)24-19(25)22(31-13-18(27)28)14-21(9-5-6-10-21)26(15-22)20(29)30-12-16-7-3-2-4-8-16/h2-4,7-8,11H,5-6,9-10,12-15H2,1H3,(H,27,28). The molecule has 2 aromatic rings. The van der Waals surface area contributed by atoms with Gasteiger partial charge in [0.15, 0.2) is 0 Å². The number of amides is 1. The molecule has 4 rings (SSSR count). The number of carboxylic acids is 1. The number of aryl methyl sites for hydroxylation is 1. The number of hydrogen-bond acceptors (Lipinski definition) is 5. The average molecular weight is 492 g/mol. The average Bonchev–Trinajstić information content (AvgIpc) is 3.44. The Labute approximate surface area is 189 Å². The number of aliphatic carboxylic acids is 1. The van der Waals surface area contributed by atoms with Crippen LogP contribution in [0, 0.1) is 0 Å². The van der Waals surface area contributed by atoms with Crippen molar-refractivity contribution in [1.82, 2.24) is 14.5 Å². The lowest BCUT2D eigenvalue weighted by Gasteiger charge is -2.33. The van der Waals surface area contributed by atoms with Crippen LogP contribution in [0.15, 0.2) is 41.1 Å². The van der Waals surface area contributed by atoms with Crippen molar-refractivity contribution in [3.63, 3.8) is 0 Å². The van der Waals surface area contributed by atoms with Gasteiger partial charge in [-0.1, -0.05) is 43.2 Å².